The third-order valence-corrected chi connectivity index (χ3v) is 9.03. The molecule has 0 fully saturated rings. The van der Waals surface area contributed by atoms with Crippen LogP contribution in [0.2, 0.25) is 0 Å². The molecule has 49 heavy (non-hydrogen) atoms. The van der Waals surface area contributed by atoms with Gasteiger partial charge in [0.2, 0.25) is 0 Å². The van der Waals surface area contributed by atoms with Crippen LogP contribution in [-0.2, 0) is 66.7 Å². The number of hydrogen-bond donors (Lipinski definition) is 1. The van der Waals surface area contributed by atoms with E-state index in [0.717, 1.165) is 56.3 Å². The van der Waals surface area contributed by atoms with Gasteiger partial charge in [0.05, 0.1) is 39.5 Å². The van der Waals surface area contributed by atoms with Crippen molar-refractivity contribution in [2.75, 3.05) is 60.5 Å². The van der Waals surface area contributed by atoms with Gasteiger partial charge in [0.25, 0.3) is 0 Å². The minimum Gasteiger partial charge on any atom is -0.494 e. The summed E-state index contributed by atoms with van der Waals surface area (Å²) in [6, 6.07) is 24.9. The van der Waals surface area contributed by atoms with Gasteiger partial charge < -0.3 is 28.8 Å². The van der Waals surface area contributed by atoms with Crippen molar-refractivity contribution in [3.63, 3.8) is 0 Å². The summed E-state index contributed by atoms with van der Waals surface area (Å²) in [5, 5.41) is 8.72. The molecule has 1 aliphatic carbocycles. The molecular formula is C40H51O8Y-. The maximum Gasteiger partial charge on any atom is 0.303 e. The van der Waals surface area contributed by atoms with Crippen molar-refractivity contribution in [2.24, 2.45) is 0 Å². The summed E-state index contributed by atoms with van der Waals surface area (Å²) in [4.78, 5) is 22.4. The van der Waals surface area contributed by atoms with Crippen LogP contribution in [0.5, 0.6) is 5.75 Å². The van der Waals surface area contributed by atoms with E-state index in [1.165, 1.54) is 27.8 Å². The Morgan fingerprint density at radius 2 is 1.33 bits per heavy atom. The Labute approximate surface area is 317 Å². The van der Waals surface area contributed by atoms with Crippen molar-refractivity contribution >= 4 is 11.8 Å². The Hall–Kier alpha value is -2.46. The zero-order valence-corrected chi connectivity index (χ0v) is 32.0. The number of carbonyl (C=O) groups is 2. The molecule has 9 heteroatoms. The number of aliphatic carboxylic acids is 1. The predicted molar refractivity (Wildman–Crippen MR) is 187 cm³/mol. The Morgan fingerprint density at radius 3 is 1.98 bits per heavy atom. The van der Waals surface area contributed by atoms with E-state index in [2.05, 4.69) is 48.5 Å². The average Bonchev–Trinajstić information content (AvgIpc) is 3.37. The number of methoxy groups -OCH3 is 2. The zero-order valence-electron chi connectivity index (χ0n) is 29.2. The van der Waals surface area contributed by atoms with Gasteiger partial charge >= 0.3 is 5.97 Å². The number of rotatable bonds is 25. The second-order valence-electron chi connectivity index (χ2n) is 12.3. The van der Waals surface area contributed by atoms with Crippen molar-refractivity contribution in [3.05, 3.63) is 77.9 Å². The summed E-state index contributed by atoms with van der Waals surface area (Å²) in [7, 11) is 3.39. The SMILES string of the molecule is COCCOCCCC1(CCCOCCOC)c2c[c-]ccc2-c2ccc(-c3ccc(OCCCCCC(=O)CCC(=O)O)cc3)cc21.[Y]. The van der Waals surface area contributed by atoms with Gasteiger partial charge in [-0.1, -0.05) is 30.3 Å². The first-order valence-electron chi connectivity index (χ1n) is 17.2. The minimum atomic E-state index is -0.928. The summed E-state index contributed by atoms with van der Waals surface area (Å²) in [5.74, 6) is -0.0990. The molecular weight excluding hydrogens is 697 g/mol. The molecule has 1 radical (unpaired) electrons. The minimum absolute atomic E-state index is 0. The van der Waals surface area contributed by atoms with E-state index in [0.29, 0.717) is 52.7 Å². The van der Waals surface area contributed by atoms with E-state index < -0.39 is 5.97 Å². The van der Waals surface area contributed by atoms with E-state index in [-0.39, 0.29) is 56.7 Å². The summed E-state index contributed by atoms with van der Waals surface area (Å²) in [5.41, 5.74) is 7.38. The number of benzene rings is 3. The molecule has 0 amide bonds. The monoisotopic (exact) mass is 748 g/mol. The quantitative estimate of drug-likeness (QED) is 0.0697. The van der Waals surface area contributed by atoms with Crippen molar-refractivity contribution in [2.45, 2.75) is 69.6 Å². The summed E-state index contributed by atoms with van der Waals surface area (Å²) in [6.45, 7) is 4.32. The third-order valence-electron chi connectivity index (χ3n) is 9.03. The van der Waals surface area contributed by atoms with Gasteiger partial charge in [-0.05, 0) is 84.7 Å². The fourth-order valence-corrected chi connectivity index (χ4v) is 6.57. The summed E-state index contributed by atoms with van der Waals surface area (Å²) in [6.07, 6.45) is 6.70. The van der Waals surface area contributed by atoms with Crippen molar-refractivity contribution in [1.82, 2.24) is 0 Å². The number of ketones is 1. The molecule has 3 aromatic carbocycles. The summed E-state index contributed by atoms with van der Waals surface area (Å²) < 4.78 is 28.1. The molecule has 8 nitrogen and oxygen atoms in total. The molecule has 263 valence electrons. The molecule has 4 rings (SSSR count). The molecule has 0 heterocycles. The molecule has 0 unspecified atom stereocenters. The van der Waals surface area contributed by atoms with Crippen LogP contribution in [0.15, 0.2) is 60.7 Å². The first-order chi connectivity index (χ1) is 23.5. The van der Waals surface area contributed by atoms with Crippen LogP contribution in [-0.4, -0.2) is 77.3 Å². The normalized spacial score (nSPS) is 12.6. The molecule has 0 aliphatic heterocycles. The van der Waals surface area contributed by atoms with Crippen molar-refractivity contribution in [3.8, 4) is 28.0 Å². The number of unbranched alkanes of at least 4 members (excludes halogenated alkanes) is 2. The third kappa shape index (κ3) is 12.4. The number of fused-ring (bicyclic) bond motifs is 3. The van der Waals surface area contributed by atoms with E-state index in [4.69, 9.17) is 28.8 Å². The van der Waals surface area contributed by atoms with Gasteiger partial charge in [-0.25, -0.2) is 0 Å². The molecule has 0 aromatic heterocycles. The Kier molecular flexibility index (Phi) is 18.7. The molecule has 0 bridgehead atoms. The fraction of sp³-hybridized carbons (Fsp3) is 0.500. The van der Waals surface area contributed by atoms with Gasteiger partial charge in [-0.2, -0.15) is 24.3 Å². The van der Waals surface area contributed by atoms with Crippen LogP contribution >= 0.6 is 0 Å². The number of carboxylic acid groups (broad SMARTS) is 1. The largest absolute Gasteiger partial charge is 0.494 e. The van der Waals surface area contributed by atoms with E-state index in [1.54, 1.807) is 14.2 Å². The number of carboxylic acids is 1. The maximum absolute atomic E-state index is 11.8. The van der Waals surface area contributed by atoms with Gasteiger partial charge in [0, 0.05) is 73.0 Å². The van der Waals surface area contributed by atoms with Gasteiger partial charge in [0.15, 0.2) is 0 Å². The topological polar surface area (TPSA) is 101 Å². The van der Waals surface area contributed by atoms with Crippen LogP contribution in [0, 0.1) is 6.07 Å². The standard InChI is InChI=1S/C40H51O8.Y/c1-44-26-28-46-23-8-21-40(22-9-24-47-29-27-45-2)37-12-6-5-11-35(37)36-19-15-32(30-38(36)40)31-13-17-34(18-14-31)48-25-7-3-4-10-33(41)16-20-39(42)43;/h5,11-15,17-19,30H,3-4,7-10,16,20-29H2,1-2H3,(H,42,43);/q-1;. The fourth-order valence-electron chi connectivity index (χ4n) is 6.57. The van der Waals surface area contributed by atoms with Crippen LogP contribution in [0.3, 0.4) is 0 Å². The van der Waals surface area contributed by atoms with Gasteiger partial charge in [-0.3, -0.25) is 9.59 Å². The van der Waals surface area contributed by atoms with E-state index in [9.17, 15) is 9.59 Å². The van der Waals surface area contributed by atoms with Crippen LogP contribution < -0.4 is 4.74 Å². The Balaban J connectivity index is 0.00000650. The molecule has 0 saturated carbocycles. The number of hydrogen-bond acceptors (Lipinski definition) is 7. The van der Waals surface area contributed by atoms with Crippen LogP contribution in [0.1, 0.15) is 75.3 Å². The van der Waals surface area contributed by atoms with Crippen molar-refractivity contribution in [1.29, 1.82) is 0 Å². The molecule has 1 N–H and O–H groups in total. The molecule has 1 aliphatic rings. The first-order valence-corrected chi connectivity index (χ1v) is 17.2. The van der Waals surface area contributed by atoms with Crippen LogP contribution in [0.25, 0.3) is 22.3 Å². The van der Waals surface area contributed by atoms with E-state index >= 15 is 0 Å². The first kappa shape index (κ1) is 41.0. The van der Waals surface area contributed by atoms with Crippen LogP contribution in [0.4, 0.5) is 0 Å². The van der Waals surface area contributed by atoms with Gasteiger partial charge in [-0.15, -0.1) is 11.1 Å². The Bertz CT molecular complexity index is 1410. The number of carbonyl (C=O) groups excluding carboxylic acids is 1. The molecule has 3 aromatic rings. The van der Waals surface area contributed by atoms with Crippen molar-refractivity contribution < 1.29 is 71.1 Å². The molecule has 0 saturated heterocycles. The predicted octanol–water partition coefficient (Wildman–Crippen LogP) is 7.68. The number of Topliss-reactive ketones (excluding diaryl/α,β-unsaturated/α-hetero) is 1. The smallest absolute Gasteiger partial charge is 0.303 e. The number of ether oxygens (including phenoxy) is 5. The molecule has 0 spiro atoms. The molecule has 0 atom stereocenters. The maximum atomic E-state index is 11.8. The second-order valence-corrected chi connectivity index (χ2v) is 12.3. The van der Waals surface area contributed by atoms with E-state index in [1.807, 2.05) is 18.2 Å². The van der Waals surface area contributed by atoms with Gasteiger partial charge in [0.1, 0.15) is 11.5 Å². The second kappa shape index (κ2) is 22.4. The Morgan fingerprint density at radius 1 is 0.673 bits per heavy atom. The zero-order chi connectivity index (χ0) is 34.0. The summed E-state index contributed by atoms with van der Waals surface area (Å²) >= 11 is 0. The average molecular weight is 749 g/mol.